The Bertz CT molecular complexity index is 628. The van der Waals surface area contributed by atoms with Crippen LogP contribution >= 0.6 is 23.2 Å². The molecule has 0 amide bonds. The van der Waals surface area contributed by atoms with Crippen molar-refractivity contribution in [3.63, 3.8) is 0 Å². The molecule has 0 aliphatic heterocycles. The van der Waals surface area contributed by atoms with Crippen molar-refractivity contribution in [1.29, 1.82) is 0 Å². The molecule has 4 heteroatoms. The van der Waals surface area contributed by atoms with E-state index in [-0.39, 0.29) is 11.9 Å². The third kappa shape index (κ3) is 3.97. The van der Waals surface area contributed by atoms with Gasteiger partial charge in [0.2, 0.25) is 0 Å². The van der Waals surface area contributed by atoms with Crippen molar-refractivity contribution >= 4 is 23.2 Å². The molecule has 0 saturated carbocycles. The molecule has 1 atom stereocenters. The van der Waals surface area contributed by atoms with Gasteiger partial charge in [0.15, 0.2) is 0 Å². The van der Waals surface area contributed by atoms with Crippen LogP contribution < -0.4 is 5.32 Å². The highest BCUT2D eigenvalue weighted by molar-refractivity contribution is 6.42. The van der Waals surface area contributed by atoms with E-state index in [9.17, 15) is 4.39 Å². The van der Waals surface area contributed by atoms with Crippen LogP contribution in [-0.2, 0) is 6.42 Å². The molecule has 2 aromatic carbocycles. The van der Waals surface area contributed by atoms with Gasteiger partial charge in [0.25, 0.3) is 0 Å². The minimum atomic E-state index is -0.204. The summed E-state index contributed by atoms with van der Waals surface area (Å²) in [6.45, 7) is 4.70. The molecule has 0 bridgehead atoms. The van der Waals surface area contributed by atoms with Crippen LogP contribution in [0, 0.1) is 12.7 Å². The van der Waals surface area contributed by atoms with Crippen molar-refractivity contribution in [3.05, 3.63) is 69.0 Å². The van der Waals surface area contributed by atoms with Gasteiger partial charge in [-0.1, -0.05) is 60.0 Å². The molecule has 0 heterocycles. The van der Waals surface area contributed by atoms with Crippen LogP contribution in [0.5, 0.6) is 0 Å². The molecule has 2 aromatic rings. The monoisotopic (exact) mass is 325 g/mol. The maximum absolute atomic E-state index is 14.1. The fourth-order valence-electron chi connectivity index (χ4n) is 2.39. The van der Waals surface area contributed by atoms with E-state index < -0.39 is 0 Å². The zero-order valence-electron chi connectivity index (χ0n) is 12.1. The number of aryl methyl sites for hydroxylation is 1. The van der Waals surface area contributed by atoms with Crippen molar-refractivity contribution in [1.82, 2.24) is 5.32 Å². The fourth-order valence-corrected chi connectivity index (χ4v) is 2.79. The summed E-state index contributed by atoms with van der Waals surface area (Å²) < 4.78 is 14.1. The molecular weight excluding hydrogens is 308 g/mol. The van der Waals surface area contributed by atoms with Gasteiger partial charge in [-0.3, -0.25) is 0 Å². The Hall–Kier alpha value is -1.09. The van der Waals surface area contributed by atoms with Crippen LogP contribution in [0.25, 0.3) is 0 Å². The van der Waals surface area contributed by atoms with E-state index in [0.717, 1.165) is 17.7 Å². The summed E-state index contributed by atoms with van der Waals surface area (Å²) in [4.78, 5) is 0. The van der Waals surface area contributed by atoms with Crippen LogP contribution in [0.3, 0.4) is 0 Å². The molecule has 0 spiro atoms. The van der Waals surface area contributed by atoms with Crippen LogP contribution in [-0.4, -0.2) is 6.54 Å². The van der Waals surface area contributed by atoms with E-state index in [1.807, 2.05) is 32.0 Å². The van der Waals surface area contributed by atoms with Gasteiger partial charge < -0.3 is 5.32 Å². The smallest absolute Gasteiger partial charge is 0.128 e. The topological polar surface area (TPSA) is 12.0 Å². The minimum absolute atomic E-state index is 0.133. The number of halogens is 3. The first-order valence-corrected chi connectivity index (χ1v) is 7.70. The molecule has 0 aromatic heterocycles. The van der Waals surface area contributed by atoms with E-state index in [2.05, 4.69) is 5.32 Å². The van der Waals surface area contributed by atoms with Crippen molar-refractivity contribution in [3.8, 4) is 0 Å². The quantitative estimate of drug-likeness (QED) is 0.782. The number of hydrogen-bond acceptors (Lipinski definition) is 1. The maximum atomic E-state index is 14.1. The van der Waals surface area contributed by atoms with Gasteiger partial charge in [0.1, 0.15) is 5.82 Å². The highest BCUT2D eigenvalue weighted by Gasteiger charge is 2.17. The second kappa shape index (κ2) is 7.26. The Labute approximate surface area is 135 Å². The lowest BCUT2D eigenvalue weighted by molar-refractivity contribution is 0.509. The summed E-state index contributed by atoms with van der Waals surface area (Å²) in [6.07, 6.45) is 0.591. The first-order chi connectivity index (χ1) is 10.0. The minimum Gasteiger partial charge on any atom is -0.310 e. The normalized spacial score (nSPS) is 12.4. The average molecular weight is 326 g/mol. The molecule has 1 unspecified atom stereocenters. The van der Waals surface area contributed by atoms with Crippen LogP contribution in [0.4, 0.5) is 4.39 Å². The molecule has 2 rings (SSSR count). The standard InChI is InChI=1S/C17H18Cl2FN/c1-3-21-16(13-9-11(2)7-8-15(13)20)10-12-5-4-6-14(18)17(12)19/h4-9,16,21H,3,10H2,1-2H3. The zero-order valence-corrected chi connectivity index (χ0v) is 13.6. The number of hydrogen-bond donors (Lipinski definition) is 1. The summed E-state index contributed by atoms with van der Waals surface area (Å²) in [5.41, 5.74) is 2.61. The molecule has 0 fully saturated rings. The maximum Gasteiger partial charge on any atom is 0.128 e. The number of rotatable bonds is 5. The first kappa shape index (κ1) is 16.3. The Morgan fingerprint density at radius 2 is 1.95 bits per heavy atom. The Morgan fingerprint density at radius 3 is 2.67 bits per heavy atom. The van der Waals surface area contributed by atoms with Crippen molar-refractivity contribution in [2.45, 2.75) is 26.3 Å². The van der Waals surface area contributed by atoms with Gasteiger partial charge in [-0.2, -0.15) is 0 Å². The van der Waals surface area contributed by atoms with E-state index in [0.29, 0.717) is 22.0 Å². The Morgan fingerprint density at radius 1 is 1.19 bits per heavy atom. The Kier molecular flexibility index (Phi) is 5.63. The third-order valence-corrected chi connectivity index (χ3v) is 4.29. The number of benzene rings is 2. The lowest BCUT2D eigenvalue weighted by Crippen LogP contribution is -2.24. The van der Waals surface area contributed by atoms with Gasteiger partial charge in [-0.25, -0.2) is 4.39 Å². The van der Waals surface area contributed by atoms with Gasteiger partial charge in [0.05, 0.1) is 10.0 Å². The second-order valence-corrected chi connectivity index (χ2v) is 5.84. The van der Waals surface area contributed by atoms with Crippen molar-refractivity contribution in [2.75, 3.05) is 6.54 Å². The van der Waals surface area contributed by atoms with Gasteiger partial charge >= 0.3 is 0 Å². The molecule has 1 nitrogen and oxygen atoms in total. The summed E-state index contributed by atoms with van der Waals surface area (Å²) in [7, 11) is 0. The zero-order chi connectivity index (χ0) is 15.4. The molecule has 0 saturated heterocycles. The third-order valence-electron chi connectivity index (χ3n) is 3.43. The fraction of sp³-hybridized carbons (Fsp3) is 0.294. The molecule has 0 aliphatic carbocycles. The number of nitrogens with one attached hydrogen (secondary N) is 1. The first-order valence-electron chi connectivity index (χ1n) is 6.95. The van der Waals surface area contributed by atoms with Gasteiger partial charge in [0, 0.05) is 11.6 Å². The SMILES string of the molecule is CCNC(Cc1cccc(Cl)c1Cl)c1cc(C)ccc1F. The molecule has 112 valence electrons. The highest BCUT2D eigenvalue weighted by Crippen LogP contribution is 2.30. The van der Waals surface area contributed by atoms with E-state index in [1.54, 1.807) is 12.1 Å². The summed E-state index contributed by atoms with van der Waals surface area (Å²) >= 11 is 12.3. The summed E-state index contributed by atoms with van der Waals surface area (Å²) in [5.74, 6) is -0.204. The highest BCUT2D eigenvalue weighted by atomic mass is 35.5. The largest absolute Gasteiger partial charge is 0.310 e. The van der Waals surface area contributed by atoms with Crippen LogP contribution in [0.15, 0.2) is 36.4 Å². The molecule has 1 N–H and O–H groups in total. The number of likely N-dealkylation sites (N-methyl/N-ethyl adjacent to an activating group) is 1. The van der Waals surface area contributed by atoms with Crippen molar-refractivity contribution in [2.24, 2.45) is 0 Å². The molecule has 0 aliphatic rings. The van der Waals surface area contributed by atoms with E-state index in [1.165, 1.54) is 6.07 Å². The second-order valence-electron chi connectivity index (χ2n) is 5.05. The van der Waals surface area contributed by atoms with Crippen molar-refractivity contribution < 1.29 is 4.39 Å². The van der Waals surface area contributed by atoms with E-state index in [4.69, 9.17) is 23.2 Å². The summed E-state index contributed by atoms with van der Waals surface area (Å²) in [6, 6.07) is 10.6. The Balaban J connectivity index is 2.35. The van der Waals surface area contributed by atoms with E-state index >= 15 is 0 Å². The summed E-state index contributed by atoms with van der Waals surface area (Å²) in [5, 5.41) is 4.38. The predicted molar refractivity (Wildman–Crippen MR) is 87.7 cm³/mol. The lowest BCUT2D eigenvalue weighted by Gasteiger charge is -2.20. The molecule has 21 heavy (non-hydrogen) atoms. The average Bonchev–Trinajstić information content (AvgIpc) is 2.46. The van der Waals surface area contributed by atoms with Gasteiger partial charge in [-0.15, -0.1) is 0 Å². The molecule has 0 radical (unpaired) electrons. The molecular formula is C17H18Cl2FN. The lowest BCUT2D eigenvalue weighted by atomic mass is 9.97. The predicted octanol–water partition coefficient (Wildman–Crippen LogP) is 5.33. The van der Waals surface area contributed by atoms with Crippen LogP contribution in [0.2, 0.25) is 10.0 Å². The van der Waals surface area contributed by atoms with Crippen LogP contribution in [0.1, 0.15) is 29.7 Å². The van der Waals surface area contributed by atoms with Gasteiger partial charge in [-0.05, 0) is 37.6 Å².